The number of hydrogen-bond acceptors (Lipinski definition) is 3. The van der Waals surface area contributed by atoms with Crippen LogP contribution >= 0.6 is 15.9 Å². The van der Waals surface area contributed by atoms with Crippen molar-refractivity contribution in [1.82, 2.24) is 4.98 Å². The third-order valence-electron chi connectivity index (χ3n) is 2.44. The largest absolute Gasteiger partial charge is 0.496 e. The lowest BCUT2D eigenvalue weighted by Gasteiger charge is -2.08. The predicted octanol–water partition coefficient (Wildman–Crippen LogP) is 3.01. The number of methoxy groups -OCH3 is 1. The van der Waals surface area contributed by atoms with Gasteiger partial charge in [-0.25, -0.2) is 4.79 Å². The Hall–Kier alpha value is -1.62. The molecule has 2 rings (SSSR count). The zero-order chi connectivity index (χ0) is 12.6. The molecule has 1 heterocycles. The summed E-state index contributed by atoms with van der Waals surface area (Å²) in [4.78, 5) is 15.5. The van der Waals surface area contributed by atoms with Gasteiger partial charge in [0.2, 0.25) is 0 Å². The Morgan fingerprint density at radius 3 is 2.71 bits per heavy atom. The molecule has 5 heteroatoms. The van der Waals surface area contributed by atoms with Crippen LogP contribution in [-0.4, -0.2) is 23.2 Å². The molecule has 0 aliphatic rings. The van der Waals surface area contributed by atoms with E-state index in [-0.39, 0.29) is 5.56 Å². The molecule has 4 nitrogen and oxygen atoms in total. The molecule has 0 bridgehead atoms. The lowest BCUT2D eigenvalue weighted by atomic mass is 10.1. The van der Waals surface area contributed by atoms with Crippen LogP contribution in [0.25, 0.3) is 10.9 Å². The normalized spacial score (nSPS) is 10.5. The minimum atomic E-state index is -0.968. The van der Waals surface area contributed by atoms with Crippen LogP contribution in [0.1, 0.15) is 16.1 Å². The molecule has 0 fully saturated rings. The van der Waals surface area contributed by atoms with E-state index >= 15 is 0 Å². The first kappa shape index (κ1) is 11.9. The zero-order valence-corrected chi connectivity index (χ0v) is 10.9. The quantitative estimate of drug-likeness (QED) is 0.925. The van der Waals surface area contributed by atoms with Crippen molar-refractivity contribution < 1.29 is 14.6 Å². The van der Waals surface area contributed by atoms with Crippen LogP contribution in [-0.2, 0) is 0 Å². The fourth-order valence-corrected chi connectivity index (χ4v) is 2.19. The standard InChI is InChI=1S/C12H10BrNO3/c1-6-3-8(12(15)16)7-4-11(17-2)9(13)5-10(7)14-6/h3-5H,1-2H3,(H,15,16). The van der Waals surface area contributed by atoms with Gasteiger partial charge in [-0.15, -0.1) is 0 Å². The van der Waals surface area contributed by atoms with Gasteiger partial charge in [-0.2, -0.15) is 0 Å². The number of pyridine rings is 1. The van der Waals surface area contributed by atoms with E-state index in [0.717, 1.165) is 4.47 Å². The lowest BCUT2D eigenvalue weighted by Crippen LogP contribution is -2.00. The molecule has 88 valence electrons. The molecule has 0 saturated heterocycles. The molecule has 0 aliphatic heterocycles. The van der Waals surface area contributed by atoms with Gasteiger partial charge in [0.05, 0.1) is 22.7 Å². The Balaban J connectivity index is 2.86. The lowest BCUT2D eigenvalue weighted by molar-refractivity contribution is 0.0699. The molecule has 1 aromatic carbocycles. The zero-order valence-electron chi connectivity index (χ0n) is 9.32. The first-order valence-corrected chi connectivity index (χ1v) is 5.70. The number of ether oxygens (including phenoxy) is 1. The molecule has 0 spiro atoms. The predicted molar refractivity (Wildman–Crippen MR) is 67.7 cm³/mol. The molecule has 17 heavy (non-hydrogen) atoms. The summed E-state index contributed by atoms with van der Waals surface area (Å²) in [6.45, 7) is 1.77. The number of aromatic nitrogens is 1. The summed E-state index contributed by atoms with van der Waals surface area (Å²) in [5.74, 6) is -0.379. The summed E-state index contributed by atoms with van der Waals surface area (Å²) in [7, 11) is 1.54. The van der Waals surface area contributed by atoms with Crippen molar-refractivity contribution in [2.75, 3.05) is 7.11 Å². The Morgan fingerprint density at radius 1 is 1.41 bits per heavy atom. The van der Waals surface area contributed by atoms with Crippen molar-refractivity contribution in [1.29, 1.82) is 0 Å². The van der Waals surface area contributed by atoms with E-state index in [1.165, 1.54) is 7.11 Å². The highest BCUT2D eigenvalue weighted by Gasteiger charge is 2.13. The number of benzene rings is 1. The average Bonchev–Trinajstić information content (AvgIpc) is 2.26. The molecule has 1 N–H and O–H groups in total. The van der Waals surface area contributed by atoms with Crippen LogP contribution in [0.3, 0.4) is 0 Å². The van der Waals surface area contributed by atoms with E-state index in [1.807, 2.05) is 0 Å². The van der Waals surface area contributed by atoms with Crippen molar-refractivity contribution in [3.8, 4) is 5.75 Å². The number of rotatable bonds is 2. The number of carbonyl (C=O) groups is 1. The van der Waals surface area contributed by atoms with Gasteiger partial charge >= 0.3 is 5.97 Å². The molecule has 0 amide bonds. The van der Waals surface area contributed by atoms with Crippen LogP contribution in [0, 0.1) is 6.92 Å². The second kappa shape index (κ2) is 4.33. The van der Waals surface area contributed by atoms with Gasteiger partial charge in [0.15, 0.2) is 0 Å². The summed E-state index contributed by atoms with van der Waals surface area (Å²) in [5.41, 5.74) is 1.54. The molecule has 2 aromatic rings. The number of aromatic carboxylic acids is 1. The van der Waals surface area contributed by atoms with E-state index in [0.29, 0.717) is 22.3 Å². The fourth-order valence-electron chi connectivity index (χ4n) is 1.69. The summed E-state index contributed by atoms with van der Waals surface area (Å²) >= 11 is 3.35. The monoisotopic (exact) mass is 295 g/mol. The van der Waals surface area contributed by atoms with Gasteiger partial charge in [-0.3, -0.25) is 4.98 Å². The van der Waals surface area contributed by atoms with E-state index in [1.54, 1.807) is 25.1 Å². The van der Waals surface area contributed by atoms with Crippen molar-refractivity contribution in [3.63, 3.8) is 0 Å². The van der Waals surface area contributed by atoms with Gasteiger partial charge in [-0.1, -0.05) is 0 Å². The highest BCUT2D eigenvalue weighted by molar-refractivity contribution is 9.10. The number of aryl methyl sites for hydroxylation is 1. The van der Waals surface area contributed by atoms with Crippen LogP contribution < -0.4 is 4.74 Å². The van der Waals surface area contributed by atoms with Crippen molar-refractivity contribution in [2.45, 2.75) is 6.92 Å². The van der Waals surface area contributed by atoms with E-state index in [2.05, 4.69) is 20.9 Å². The topological polar surface area (TPSA) is 59.4 Å². The second-order valence-electron chi connectivity index (χ2n) is 3.62. The van der Waals surface area contributed by atoms with Crippen LogP contribution in [0.2, 0.25) is 0 Å². The molecule has 0 unspecified atom stereocenters. The number of carboxylic acid groups (broad SMARTS) is 1. The van der Waals surface area contributed by atoms with E-state index < -0.39 is 5.97 Å². The minimum Gasteiger partial charge on any atom is -0.496 e. The van der Waals surface area contributed by atoms with Gasteiger partial charge in [0.25, 0.3) is 0 Å². The summed E-state index contributed by atoms with van der Waals surface area (Å²) in [5, 5.41) is 9.73. The molecule has 0 aliphatic carbocycles. The van der Waals surface area contributed by atoms with Crippen molar-refractivity contribution in [3.05, 3.63) is 33.9 Å². The summed E-state index contributed by atoms with van der Waals surface area (Å²) in [6.07, 6.45) is 0. The maximum Gasteiger partial charge on any atom is 0.336 e. The summed E-state index contributed by atoms with van der Waals surface area (Å²) < 4.78 is 5.90. The maximum atomic E-state index is 11.2. The first-order chi connectivity index (χ1) is 8.02. The van der Waals surface area contributed by atoms with E-state index in [4.69, 9.17) is 9.84 Å². The van der Waals surface area contributed by atoms with E-state index in [9.17, 15) is 4.79 Å². The summed E-state index contributed by atoms with van der Waals surface area (Å²) in [6, 6.07) is 4.99. The molecular weight excluding hydrogens is 286 g/mol. The van der Waals surface area contributed by atoms with Gasteiger partial charge in [-0.05, 0) is 41.1 Å². The number of fused-ring (bicyclic) bond motifs is 1. The number of nitrogens with zero attached hydrogens (tertiary/aromatic N) is 1. The minimum absolute atomic E-state index is 0.235. The molecule has 1 aromatic heterocycles. The Labute approximate surface area is 106 Å². The third-order valence-corrected chi connectivity index (χ3v) is 3.06. The number of halogens is 1. The maximum absolute atomic E-state index is 11.2. The Kier molecular flexibility index (Phi) is 3.02. The second-order valence-corrected chi connectivity index (χ2v) is 4.47. The van der Waals surface area contributed by atoms with Crippen LogP contribution in [0.4, 0.5) is 0 Å². The SMILES string of the molecule is COc1cc2c(C(=O)O)cc(C)nc2cc1Br. The fraction of sp³-hybridized carbons (Fsp3) is 0.167. The number of hydrogen-bond donors (Lipinski definition) is 1. The van der Waals surface area contributed by atoms with Crippen molar-refractivity contribution >= 4 is 32.8 Å². The average molecular weight is 296 g/mol. The molecule has 0 radical (unpaired) electrons. The number of carboxylic acids is 1. The third kappa shape index (κ3) is 2.10. The Bertz CT molecular complexity index is 610. The smallest absolute Gasteiger partial charge is 0.336 e. The Morgan fingerprint density at radius 2 is 2.12 bits per heavy atom. The highest BCUT2D eigenvalue weighted by Crippen LogP contribution is 2.31. The van der Waals surface area contributed by atoms with Gasteiger partial charge < -0.3 is 9.84 Å². The van der Waals surface area contributed by atoms with Crippen LogP contribution in [0.15, 0.2) is 22.7 Å². The molecule has 0 saturated carbocycles. The molecular formula is C12H10BrNO3. The van der Waals surface area contributed by atoms with Crippen molar-refractivity contribution in [2.24, 2.45) is 0 Å². The van der Waals surface area contributed by atoms with Crippen LogP contribution in [0.5, 0.6) is 5.75 Å². The molecule has 0 atom stereocenters. The highest BCUT2D eigenvalue weighted by atomic mass is 79.9. The van der Waals surface area contributed by atoms with Gasteiger partial charge in [0.1, 0.15) is 5.75 Å². The first-order valence-electron chi connectivity index (χ1n) is 4.91. The van der Waals surface area contributed by atoms with Gasteiger partial charge in [0, 0.05) is 11.1 Å².